The fourth-order valence-corrected chi connectivity index (χ4v) is 2.81. The standard InChI is InChI=1S/C16H23N3OS/c1-18-9-7-14(8-10-18)19(2)15(20)11-12-3-5-13(6-4-12)16(17)21/h3-6,14H,7-11H2,1-2H3,(H2,17,21). The van der Waals surface area contributed by atoms with Crippen LogP contribution in [-0.2, 0) is 11.2 Å². The van der Waals surface area contributed by atoms with Crippen molar-refractivity contribution in [2.75, 3.05) is 27.2 Å². The lowest BCUT2D eigenvalue weighted by Gasteiger charge is -2.35. The first kappa shape index (κ1) is 15.9. The zero-order chi connectivity index (χ0) is 15.4. The molecule has 0 spiro atoms. The van der Waals surface area contributed by atoms with Crippen molar-refractivity contribution in [2.45, 2.75) is 25.3 Å². The molecule has 0 radical (unpaired) electrons. The third-order valence-electron chi connectivity index (χ3n) is 4.22. The minimum atomic E-state index is 0.174. The summed E-state index contributed by atoms with van der Waals surface area (Å²) >= 11 is 4.93. The van der Waals surface area contributed by atoms with Gasteiger partial charge >= 0.3 is 0 Å². The van der Waals surface area contributed by atoms with Gasteiger partial charge in [0.1, 0.15) is 4.99 Å². The lowest BCUT2D eigenvalue weighted by atomic mass is 10.0. The number of carbonyl (C=O) groups excluding carboxylic acids is 1. The van der Waals surface area contributed by atoms with Gasteiger partial charge in [-0.1, -0.05) is 36.5 Å². The second kappa shape index (κ2) is 7.00. The van der Waals surface area contributed by atoms with Crippen LogP contribution in [0.2, 0.25) is 0 Å². The quantitative estimate of drug-likeness (QED) is 0.855. The second-order valence-electron chi connectivity index (χ2n) is 5.78. The number of piperidine rings is 1. The molecule has 1 aromatic rings. The van der Waals surface area contributed by atoms with E-state index in [0.29, 0.717) is 17.5 Å². The molecule has 0 aliphatic carbocycles. The van der Waals surface area contributed by atoms with Gasteiger partial charge in [0.15, 0.2) is 0 Å². The molecule has 4 nitrogen and oxygen atoms in total. The smallest absolute Gasteiger partial charge is 0.226 e. The predicted octanol–water partition coefficient (Wildman–Crippen LogP) is 1.42. The molecule has 2 N–H and O–H groups in total. The number of nitrogens with zero attached hydrogens (tertiary/aromatic N) is 2. The van der Waals surface area contributed by atoms with Gasteiger partial charge in [-0.3, -0.25) is 4.79 Å². The molecule has 21 heavy (non-hydrogen) atoms. The Kier molecular flexibility index (Phi) is 5.31. The van der Waals surface area contributed by atoms with Crippen molar-refractivity contribution in [2.24, 2.45) is 5.73 Å². The van der Waals surface area contributed by atoms with Crippen LogP contribution in [0.4, 0.5) is 0 Å². The molecule has 1 heterocycles. The Labute approximate surface area is 131 Å². The van der Waals surface area contributed by atoms with Crippen molar-refractivity contribution >= 4 is 23.1 Å². The summed E-state index contributed by atoms with van der Waals surface area (Å²) in [6.45, 7) is 2.12. The largest absolute Gasteiger partial charge is 0.389 e. The van der Waals surface area contributed by atoms with Gasteiger partial charge in [0.2, 0.25) is 5.91 Å². The Hall–Kier alpha value is -1.46. The lowest BCUT2D eigenvalue weighted by molar-refractivity contribution is -0.132. The molecule has 1 saturated heterocycles. The van der Waals surface area contributed by atoms with E-state index in [0.717, 1.165) is 37.1 Å². The summed E-state index contributed by atoms with van der Waals surface area (Å²) in [6, 6.07) is 7.97. The van der Waals surface area contributed by atoms with Gasteiger partial charge in [-0.2, -0.15) is 0 Å². The zero-order valence-electron chi connectivity index (χ0n) is 12.7. The minimum Gasteiger partial charge on any atom is -0.389 e. The highest BCUT2D eigenvalue weighted by atomic mass is 32.1. The summed E-state index contributed by atoms with van der Waals surface area (Å²) in [6.07, 6.45) is 2.54. The number of hydrogen-bond acceptors (Lipinski definition) is 3. The van der Waals surface area contributed by atoms with Gasteiger partial charge in [-0.25, -0.2) is 0 Å². The monoisotopic (exact) mass is 305 g/mol. The van der Waals surface area contributed by atoms with Crippen molar-refractivity contribution in [3.05, 3.63) is 35.4 Å². The first-order valence-corrected chi connectivity index (χ1v) is 7.71. The van der Waals surface area contributed by atoms with Crippen LogP contribution in [0.25, 0.3) is 0 Å². The van der Waals surface area contributed by atoms with Crippen molar-refractivity contribution in [3.8, 4) is 0 Å². The molecule has 1 aliphatic rings. The number of thiocarbonyl (C=S) groups is 1. The van der Waals surface area contributed by atoms with E-state index >= 15 is 0 Å². The molecule has 1 amide bonds. The maximum Gasteiger partial charge on any atom is 0.226 e. The summed E-state index contributed by atoms with van der Waals surface area (Å²) < 4.78 is 0. The van der Waals surface area contributed by atoms with E-state index in [1.165, 1.54) is 0 Å². The van der Waals surface area contributed by atoms with Crippen molar-refractivity contribution in [3.63, 3.8) is 0 Å². The van der Waals surface area contributed by atoms with Crippen LogP contribution in [-0.4, -0.2) is 53.9 Å². The van der Waals surface area contributed by atoms with Gasteiger partial charge in [-0.05, 0) is 38.5 Å². The fraction of sp³-hybridized carbons (Fsp3) is 0.500. The summed E-state index contributed by atoms with van der Waals surface area (Å²) in [5.74, 6) is 0.174. The van der Waals surface area contributed by atoms with E-state index < -0.39 is 0 Å². The van der Waals surface area contributed by atoms with E-state index in [1.807, 2.05) is 36.2 Å². The number of nitrogens with two attached hydrogens (primary N) is 1. The topological polar surface area (TPSA) is 49.6 Å². The molecule has 0 saturated carbocycles. The number of amides is 1. The number of likely N-dealkylation sites (N-methyl/N-ethyl adjacent to an activating group) is 1. The third-order valence-corrected chi connectivity index (χ3v) is 4.46. The molecule has 0 aromatic heterocycles. The average molecular weight is 305 g/mol. The summed E-state index contributed by atoms with van der Waals surface area (Å²) in [5.41, 5.74) is 7.41. The Balaban J connectivity index is 1.92. The Morgan fingerprint density at radius 1 is 1.33 bits per heavy atom. The average Bonchev–Trinajstić information content (AvgIpc) is 2.47. The lowest BCUT2D eigenvalue weighted by Crippen LogP contribution is -2.44. The number of benzene rings is 1. The summed E-state index contributed by atoms with van der Waals surface area (Å²) in [5, 5.41) is 0. The van der Waals surface area contributed by atoms with Crippen molar-refractivity contribution < 1.29 is 4.79 Å². The SMILES string of the molecule is CN1CCC(N(C)C(=O)Cc2ccc(C(N)=S)cc2)CC1. The Morgan fingerprint density at radius 3 is 2.43 bits per heavy atom. The van der Waals surface area contributed by atoms with E-state index in [4.69, 9.17) is 18.0 Å². The zero-order valence-corrected chi connectivity index (χ0v) is 13.5. The molecule has 114 valence electrons. The van der Waals surface area contributed by atoms with Crippen LogP contribution >= 0.6 is 12.2 Å². The van der Waals surface area contributed by atoms with Crippen molar-refractivity contribution in [1.82, 2.24) is 9.80 Å². The van der Waals surface area contributed by atoms with Crippen molar-refractivity contribution in [1.29, 1.82) is 0 Å². The molecular formula is C16H23N3OS. The molecule has 0 atom stereocenters. The Morgan fingerprint density at radius 2 is 1.90 bits per heavy atom. The van der Waals surface area contributed by atoms with E-state index in [9.17, 15) is 4.79 Å². The predicted molar refractivity (Wildman–Crippen MR) is 89.3 cm³/mol. The normalized spacial score (nSPS) is 16.7. The minimum absolute atomic E-state index is 0.174. The third kappa shape index (κ3) is 4.25. The van der Waals surface area contributed by atoms with Gasteiger partial charge in [-0.15, -0.1) is 0 Å². The number of carbonyl (C=O) groups is 1. The van der Waals surface area contributed by atoms with Crippen LogP contribution in [0.3, 0.4) is 0 Å². The molecule has 0 unspecified atom stereocenters. The number of hydrogen-bond donors (Lipinski definition) is 1. The van der Waals surface area contributed by atoms with Gasteiger partial charge < -0.3 is 15.5 Å². The number of likely N-dealkylation sites (tertiary alicyclic amines) is 1. The molecule has 1 aliphatic heterocycles. The number of rotatable bonds is 4. The second-order valence-corrected chi connectivity index (χ2v) is 6.22. The first-order valence-electron chi connectivity index (χ1n) is 7.30. The van der Waals surface area contributed by atoms with Gasteiger partial charge in [0.25, 0.3) is 0 Å². The highest BCUT2D eigenvalue weighted by molar-refractivity contribution is 7.80. The van der Waals surface area contributed by atoms with E-state index in [-0.39, 0.29) is 5.91 Å². The summed E-state index contributed by atoms with van der Waals surface area (Å²) in [7, 11) is 4.04. The van der Waals surface area contributed by atoms with Gasteiger partial charge in [0, 0.05) is 18.7 Å². The Bertz CT molecular complexity index is 507. The maximum atomic E-state index is 12.4. The fourth-order valence-electron chi connectivity index (χ4n) is 2.67. The maximum absolute atomic E-state index is 12.4. The molecular weight excluding hydrogens is 282 g/mol. The molecule has 1 fully saturated rings. The highest BCUT2D eigenvalue weighted by Gasteiger charge is 2.23. The molecule has 5 heteroatoms. The first-order chi connectivity index (χ1) is 9.97. The van der Waals surface area contributed by atoms with Gasteiger partial charge in [0.05, 0.1) is 6.42 Å². The van der Waals surface area contributed by atoms with E-state index in [1.54, 1.807) is 0 Å². The highest BCUT2D eigenvalue weighted by Crippen LogP contribution is 2.15. The van der Waals surface area contributed by atoms with Crippen LogP contribution < -0.4 is 5.73 Å². The molecule has 2 rings (SSSR count). The van der Waals surface area contributed by atoms with Crippen LogP contribution in [0.1, 0.15) is 24.0 Å². The van der Waals surface area contributed by atoms with Crippen LogP contribution in [0.15, 0.2) is 24.3 Å². The molecule has 0 bridgehead atoms. The van der Waals surface area contributed by atoms with Crippen LogP contribution in [0.5, 0.6) is 0 Å². The van der Waals surface area contributed by atoms with E-state index in [2.05, 4.69) is 11.9 Å². The molecule has 1 aromatic carbocycles. The van der Waals surface area contributed by atoms with Crippen LogP contribution in [0, 0.1) is 0 Å². The summed E-state index contributed by atoms with van der Waals surface area (Å²) in [4.78, 5) is 17.0.